The Labute approximate surface area is 253 Å². The Hall–Kier alpha value is -4.24. The second-order valence-electron chi connectivity index (χ2n) is 10.5. The lowest BCUT2D eigenvalue weighted by Crippen LogP contribution is -2.22. The molecule has 8 nitrogen and oxygen atoms in total. The highest BCUT2D eigenvalue weighted by Gasteiger charge is 2.31. The number of rotatable bonds is 9. The Kier molecular flexibility index (Phi) is 7.70. The van der Waals surface area contributed by atoms with Crippen molar-refractivity contribution in [1.82, 2.24) is 14.8 Å². The third-order valence-electron chi connectivity index (χ3n) is 7.27. The molecule has 0 radical (unpaired) electrons. The van der Waals surface area contributed by atoms with Crippen LogP contribution in [0.5, 0.6) is 0 Å². The molecule has 0 aliphatic heterocycles. The van der Waals surface area contributed by atoms with Gasteiger partial charge in [-0.05, 0) is 76.9 Å². The van der Waals surface area contributed by atoms with Gasteiger partial charge in [0.25, 0.3) is 0 Å². The largest absolute Gasteiger partial charge is 0.476 e. The van der Waals surface area contributed by atoms with Gasteiger partial charge in [-0.3, -0.25) is 0 Å². The van der Waals surface area contributed by atoms with Crippen LogP contribution in [-0.2, 0) is 27.5 Å². The lowest BCUT2D eigenvalue weighted by molar-refractivity contribution is 0.0691. The first kappa shape index (κ1) is 29.8. The molecular weight excluding hydrogens is 620 g/mol. The highest BCUT2D eigenvalue weighted by atomic mass is 32.3. The minimum Gasteiger partial charge on any atom is -0.476 e. The van der Waals surface area contributed by atoms with Gasteiger partial charge in [0.2, 0.25) is 10.0 Å². The van der Waals surface area contributed by atoms with E-state index in [1.54, 1.807) is 0 Å². The van der Waals surface area contributed by atoms with Crippen LogP contribution in [0, 0.1) is 29.2 Å². The molecular formula is C30H23F4N4O4S2+. The minimum atomic E-state index is -4.05. The van der Waals surface area contributed by atoms with Gasteiger partial charge < -0.3 is 5.11 Å². The quantitative estimate of drug-likeness (QED) is 0.122. The molecule has 1 unspecified atom stereocenters. The first-order valence-electron chi connectivity index (χ1n) is 13.3. The third kappa shape index (κ3) is 6.06. The Morgan fingerprint density at radius 1 is 1.00 bits per heavy atom. The lowest BCUT2D eigenvalue weighted by atomic mass is 9.95. The molecule has 1 fully saturated rings. The number of aromatic carboxylic acids is 1. The summed E-state index contributed by atoms with van der Waals surface area (Å²) in [6.07, 6.45) is 2.51. The van der Waals surface area contributed by atoms with E-state index in [4.69, 9.17) is 10.2 Å². The molecule has 5 aromatic rings. The molecule has 1 atom stereocenters. The van der Waals surface area contributed by atoms with E-state index in [1.165, 1.54) is 28.3 Å². The molecule has 14 heteroatoms. The Bertz CT molecular complexity index is 1960. The van der Waals surface area contributed by atoms with Gasteiger partial charge in [0, 0.05) is 40.6 Å². The van der Waals surface area contributed by atoms with Crippen LogP contribution in [0.25, 0.3) is 27.5 Å². The molecule has 226 valence electrons. The zero-order valence-corrected chi connectivity index (χ0v) is 24.3. The molecule has 0 amide bonds. The molecule has 1 saturated carbocycles. The fraction of sp³-hybridized carbons (Fsp3) is 0.167. The monoisotopic (exact) mass is 643 g/mol. The average molecular weight is 644 g/mol. The lowest BCUT2D eigenvalue weighted by Gasteiger charge is -2.11. The number of carboxylic acid groups (broad SMARTS) is 1. The molecule has 44 heavy (non-hydrogen) atoms. The molecule has 3 aromatic carbocycles. The summed E-state index contributed by atoms with van der Waals surface area (Å²) in [4.78, 5) is 15.2. The van der Waals surface area contributed by atoms with Crippen LogP contribution < -0.4 is 5.14 Å². The number of nitrogens with zero attached hydrogens (tertiary/aromatic N) is 3. The molecule has 1 aliphatic rings. The number of hydrogen-bond acceptors (Lipinski definition) is 5. The summed E-state index contributed by atoms with van der Waals surface area (Å²) in [5, 5.41) is 21.1. The fourth-order valence-electron chi connectivity index (χ4n) is 5.02. The van der Waals surface area contributed by atoms with Crippen molar-refractivity contribution < 1.29 is 36.2 Å². The molecule has 6 rings (SSSR count). The van der Waals surface area contributed by atoms with Gasteiger partial charge >= 0.3 is 16.4 Å². The van der Waals surface area contributed by atoms with E-state index in [0.29, 0.717) is 46.5 Å². The second-order valence-corrected chi connectivity index (χ2v) is 12.9. The zero-order valence-electron chi connectivity index (χ0n) is 22.6. The summed E-state index contributed by atoms with van der Waals surface area (Å²) < 4.78 is 81.1. The number of hydrogen-bond donors (Lipinski definition) is 3. The van der Waals surface area contributed by atoms with Gasteiger partial charge in [-0.25, -0.2) is 32.0 Å². The van der Waals surface area contributed by atoms with Crippen molar-refractivity contribution in [3.05, 3.63) is 106 Å². The Balaban J connectivity index is 1.55. The smallest absolute Gasteiger partial charge is 0.355 e. The number of carbonyl (C=O) groups is 1. The van der Waals surface area contributed by atoms with E-state index >= 15 is 4.39 Å². The minimum absolute atomic E-state index is 0.0286. The fourth-order valence-corrected chi connectivity index (χ4v) is 6.40. The van der Waals surface area contributed by atoms with Crippen molar-refractivity contribution in [3.63, 3.8) is 0 Å². The van der Waals surface area contributed by atoms with E-state index in [9.17, 15) is 31.8 Å². The Morgan fingerprint density at radius 3 is 2.34 bits per heavy atom. The number of benzene rings is 3. The Morgan fingerprint density at radius 2 is 1.73 bits per heavy atom. The molecule has 2 heterocycles. The van der Waals surface area contributed by atoms with Crippen molar-refractivity contribution in [1.29, 1.82) is 0 Å². The highest BCUT2D eigenvalue weighted by molar-refractivity contribution is 7.95. The summed E-state index contributed by atoms with van der Waals surface area (Å²) in [6.45, 7) is 0. The summed E-state index contributed by atoms with van der Waals surface area (Å²) in [5.74, 6) is -4.37. The van der Waals surface area contributed by atoms with Gasteiger partial charge in [0.15, 0.2) is 11.5 Å². The number of thiazole rings is 1. The molecule has 1 aliphatic carbocycles. The summed E-state index contributed by atoms with van der Waals surface area (Å²) in [6, 6.07) is 10.4. The zero-order chi connectivity index (χ0) is 31.3. The maximum absolute atomic E-state index is 15.0. The van der Waals surface area contributed by atoms with Crippen LogP contribution in [0.4, 0.5) is 17.6 Å². The summed E-state index contributed by atoms with van der Waals surface area (Å²) >= 11 is 1.06. The van der Waals surface area contributed by atoms with Gasteiger partial charge in [-0.1, -0.05) is 6.07 Å². The normalized spacial score (nSPS) is 14.5. The van der Waals surface area contributed by atoms with Crippen LogP contribution in [0.2, 0.25) is 0 Å². The summed E-state index contributed by atoms with van der Waals surface area (Å²) in [5.41, 5.74) is 2.10. The van der Waals surface area contributed by atoms with E-state index in [1.807, 2.05) is 0 Å². The van der Waals surface area contributed by atoms with Crippen LogP contribution in [0.15, 0.2) is 64.9 Å². The van der Waals surface area contributed by atoms with E-state index in [0.717, 1.165) is 54.5 Å². The van der Waals surface area contributed by atoms with Gasteiger partial charge in [0.1, 0.15) is 17.5 Å². The van der Waals surface area contributed by atoms with Crippen LogP contribution in [-0.4, -0.2) is 30.4 Å². The number of carboxylic acids is 1. The maximum Gasteiger partial charge on any atom is 0.355 e. The first-order chi connectivity index (χ1) is 20.9. The number of aromatic nitrogens is 3. The van der Waals surface area contributed by atoms with E-state index < -0.39 is 44.5 Å². The van der Waals surface area contributed by atoms with Crippen molar-refractivity contribution >= 4 is 27.7 Å². The van der Waals surface area contributed by atoms with Crippen LogP contribution >= 0.6 is 11.3 Å². The van der Waals surface area contributed by atoms with Crippen LogP contribution in [0.1, 0.15) is 40.2 Å². The first-order valence-corrected chi connectivity index (χ1v) is 15.7. The second kappa shape index (κ2) is 11.4. The summed E-state index contributed by atoms with van der Waals surface area (Å²) in [7, 11) is -4.05. The third-order valence-corrected chi connectivity index (χ3v) is 9.04. The molecule has 4 N–H and O–H groups in total. The molecule has 0 saturated heterocycles. The van der Waals surface area contributed by atoms with Crippen molar-refractivity contribution in [3.8, 4) is 27.5 Å². The molecule has 2 aromatic heterocycles. The SMILES string of the molecule is N[S+](=O)(O)c1ccc(Cc2c(-c3ccc(F)c(-c4cc(F)cc(F)c4)c3)nn(-c3nc(C(=O)O)cs3)c2CC2CC2)cc1F. The van der Waals surface area contributed by atoms with Crippen molar-refractivity contribution in [2.45, 2.75) is 30.6 Å². The standard InChI is InChI=1S/C30H22F4N4O4S2/c31-19-10-18(11-20(32)13-19)21-12-17(4-5-23(21)33)28-22(7-16-3-6-27(24(34)8-16)44(35,41)42)26(9-15-1-2-15)38(37-28)30-36-25(14-43-30)29(39)40/h3-6,8,10-15H,1-2,7,9H2,(H3-,35,39,40,41,42)/p+1. The highest BCUT2D eigenvalue weighted by Crippen LogP contribution is 2.39. The average Bonchev–Trinajstić information content (AvgIpc) is 3.50. The maximum atomic E-state index is 15.0. The van der Waals surface area contributed by atoms with Crippen LogP contribution in [0.3, 0.4) is 0 Å². The van der Waals surface area contributed by atoms with E-state index in [2.05, 4.69) is 4.98 Å². The molecule has 0 spiro atoms. The van der Waals surface area contributed by atoms with Crippen molar-refractivity contribution in [2.24, 2.45) is 11.1 Å². The van der Waals surface area contributed by atoms with Crippen molar-refractivity contribution in [2.75, 3.05) is 0 Å². The topological polar surface area (TPSA) is 131 Å². The van der Waals surface area contributed by atoms with Gasteiger partial charge in [-0.15, -0.1) is 16.5 Å². The number of halogens is 4. The van der Waals surface area contributed by atoms with Gasteiger partial charge in [0.05, 0.1) is 11.4 Å². The number of nitrogens with two attached hydrogens (primary N) is 1. The van der Waals surface area contributed by atoms with Gasteiger partial charge in [-0.2, -0.15) is 9.65 Å². The molecule has 0 bridgehead atoms. The van der Waals surface area contributed by atoms with E-state index in [-0.39, 0.29) is 28.4 Å². The predicted molar refractivity (Wildman–Crippen MR) is 156 cm³/mol. The predicted octanol–water partition coefficient (Wildman–Crippen LogP) is 6.67.